The molecule has 1 aliphatic rings. The molecule has 2 heterocycles. The molecule has 3 rings (SSSR count). The monoisotopic (exact) mass is 307 g/mol. The molecule has 5 nitrogen and oxygen atoms in total. The van der Waals surface area contributed by atoms with Gasteiger partial charge in [0, 0.05) is 19.7 Å². The molecule has 0 atom stereocenters. The molecular weight excluding hydrogens is 286 g/mol. The molecule has 0 bridgehead atoms. The summed E-state index contributed by atoms with van der Waals surface area (Å²) in [6.07, 6.45) is 4.55. The highest BCUT2D eigenvalue weighted by molar-refractivity contribution is 7.90. The van der Waals surface area contributed by atoms with Crippen LogP contribution in [0.25, 0.3) is 11.0 Å². The Labute approximate surface area is 125 Å². The maximum Gasteiger partial charge on any atom is 0.175 e. The number of aromatic nitrogens is 2. The maximum absolute atomic E-state index is 11.6. The zero-order chi connectivity index (χ0) is 15.0. The lowest BCUT2D eigenvalue weighted by Crippen LogP contribution is -2.29. The van der Waals surface area contributed by atoms with Gasteiger partial charge in [0.05, 0.1) is 15.9 Å². The molecular formula is C15H21N3O2S. The number of rotatable bonds is 3. The highest BCUT2D eigenvalue weighted by Crippen LogP contribution is 2.23. The standard InChI is InChI=1S/C15H21N3O2S/c1-18-14-4-3-12(21(2,19)20)10-13(14)17-15(18)9-11-5-7-16-8-6-11/h3-4,10-11,16H,5-9H2,1-2H3. The summed E-state index contributed by atoms with van der Waals surface area (Å²) in [4.78, 5) is 4.99. The lowest BCUT2D eigenvalue weighted by molar-refractivity contribution is 0.365. The van der Waals surface area contributed by atoms with Crippen molar-refractivity contribution in [2.45, 2.75) is 24.2 Å². The SMILES string of the molecule is Cn1c(CC2CCNCC2)nc2cc(S(C)(=O)=O)ccc21. The predicted molar refractivity (Wildman–Crippen MR) is 83.1 cm³/mol. The van der Waals surface area contributed by atoms with Crippen LogP contribution in [0.3, 0.4) is 0 Å². The molecule has 1 N–H and O–H groups in total. The molecule has 1 aliphatic heterocycles. The molecule has 1 saturated heterocycles. The number of imidazole rings is 1. The van der Waals surface area contributed by atoms with Crippen LogP contribution in [0.5, 0.6) is 0 Å². The van der Waals surface area contributed by atoms with Crippen LogP contribution in [0.4, 0.5) is 0 Å². The third kappa shape index (κ3) is 2.96. The Morgan fingerprint density at radius 2 is 2.05 bits per heavy atom. The summed E-state index contributed by atoms with van der Waals surface area (Å²) >= 11 is 0. The van der Waals surface area contributed by atoms with Gasteiger partial charge in [0.25, 0.3) is 0 Å². The van der Waals surface area contributed by atoms with Crippen molar-refractivity contribution in [1.82, 2.24) is 14.9 Å². The van der Waals surface area contributed by atoms with Crippen LogP contribution in [0, 0.1) is 5.92 Å². The van der Waals surface area contributed by atoms with E-state index in [1.165, 1.54) is 19.1 Å². The number of aryl methyl sites for hydroxylation is 1. The Morgan fingerprint density at radius 3 is 2.71 bits per heavy atom. The molecule has 0 aliphatic carbocycles. The van der Waals surface area contributed by atoms with Gasteiger partial charge in [0.15, 0.2) is 9.84 Å². The average Bonchev–Trinajstić information content (AvgIpc) is 2.75. The number of benzene rings is 1. The quantitative estimate of drug-likeness (QED) is 0.934. The number of hydrogen-bond donors (Lipinski definition) is 1. The van der Waals surface area contributed by atoms with E-state index in [1.54, 1.807) is 12.1 Å². The van der Waals surface area contributed by atoms with Gasteiger partial charge in [-0.1, -0.05) is 0 Å². The van der Waals surface area contributed by atoms with Crippen LogP contribution >= 0.6 is 0 Å². The van der Waals surface area contributed by atoms with Crippen molar-refractivity contribution in [3.8, 4) is 0 Å². The lowest BCUT2D eigenvalue weighted by Gasteiger charge is -2.22. The largest absolute Gasteiger partial charge is 0.331 e. The minimum Gasteiger partial charge on any atom is -0.331 e. The van der Waals surface area contributed by atoms with Crippen molar-refractivity contribution in [3.05, 3.63) is 24.0 Å². The van der Waals surface area contributed by atoms with Gasteiger partial charge >= 0.3 is 0 Å². The Morgan fingerprint density at radius 1 is 1.33 bits per heavy atom. The number of piperidine rings is 1. The van der Waals surface area contributed by atoms with E-state index < -0.39 is 9.84 Å². The number of nitrogens with zero attached hydrogens (tertiary/aromatic N) is 2. The van der Waals surface area contributed by atoms with E-state index in [1.807, 2.05) is 13.1 Å². The number of sulfone groups is 1. The summed E-state index contributed by atoms with van der Waals surface area (Å²) in [6, 6.07) is 5.19. The Kier molecular flexibility index (Phi) is 3.75. The van der Waals surface area contributed by atoms with Crippen LogP contribution in [0.1, 0.15) is 18.7 Å². The minimum absolute atomic E-state index is 0.335. The number of nitrogens with one attached hydrogen (secondary N) is 1. The van der Waals surface area contributed by atoms with Gasteiger partial charge in [-0.3, -0.25) is 0 Å². The van der Waals surface area contributed by atoms with E-state index in [0.717, 1.165) is 36.4 Å². The van der Waals surface area contributed by atoms with Crippen molar-refractivity contribution < 1.29 is 8.42 Å². The summed E-state index contributed by atoms with van der Waals surface area (Å²) in [5.74, 6) is 1.71. The van der Waals surface area contributed by atoms with Crippen molar-refractivity contribution >= 4 is 20.9 Å². The number of hydrogen-bond acceptors (Lipinski definition) is 4. The summed E-state index contributed by atoms with van der Waals surface area (Å²) in [5.41, 5.74) is 1.76. The van der Waals surface area contributed by atoms with Gasteiger partial charge in [-0.05, 0) is 50.0 Å². The molecule has 114 valence electrons. The fraction of sp³-hybridized carbons (Fsp3) is 0.533. The zero-order valence-corrected chi connectivity index (χ0v) is 13.3. The minimum atomic E-state index is -3.18. The summed E-state index contributed by atoms with van der Waals surface area (Å²) in [7, 11) is -1.18. The van der Waals surface area contributed by atoms with Gasteiger partial charge in [0.2, 0.25) is 0 Å². The molecule has 0 spiro atoms. The summed E-state index contributed by atoms with van der Waals surface area (Å²) < 4.78 is 25.4. The average molecular weight is 307 g/mol. The van der Waals surface area contributed by atoms with E-state index in [-0.39, 0.29) is 0 Å². The third-order valence-electron chi connectivity index (χ3n) is 4.30. The van der Waals surface area contributed by atoms with Gasteiger partial charge in [-0.2, -0.15) is 0 Å². The second-order valence-corrected chi connectivity index (χ2v) is 7.92. The summed E-state index contributed by atoms with van der Waals surface area (Å²) in [6.45, 7) is 2.15. The van der Waals surface area contributed by atoms with Gasteiger partial charge < -0.3 is 9.88 Å². The smallest absolute Gasteiger partial charge is 0.175 e. The van der Waals surface area contributed by atoms with Crippen molar-refractivity contribution in [3.63, 3.8) is 0 Å². The van der Waals surface area contributed by atoms with Crippen LogP contribution in [0.2, 0.25) is 0 Å². The van der Waals surface area contributed by atoms with Crippen molar-refractivity contribution in [2.24, 2.45) is 13.0 Å². The fourth-order valence-electron chi connectivity index (χ4n) is 2.99. The van der Waals surface area contributed by atoms with E-state index in [2.05, 4.69) is 14.9 Å². The Balaban J connectivity index is 1.95. The Hall–Kier alpha value is -1.40. The molecule has 0 radical (unpaired) electrons. The first-order valence-electron chi connectivity index (χ1n) is 7.31. The first-order chi connectivity index (χ1) is 9.95. The second kappa shape index (κ2) is 5.42. The lowest BCUT2D eigenvalue weighted by atomic mass is 9.94. The van der Waals surface area contributed by atoms with E-state index in [0.29, 0.717) is 10.8 Å². The first-order valence-corrected chi connectivity index (χ1v) is 9.20. The highest BCUT2D eigenvalue weighted by Gasteiger charge is 2.18. The van der Waals surface area contributed by atoms with E-state index >= 15 is 0 Å². The Bertz CT molecular complexity index is 759. The van der Waals surface area contributed by atoms with Gasteiger partial charge in [-0.15, -0.1) is 0 Å². The van der Waals surface area contributed by atoms with Crippen molar-refractivity contribution in [1.29, 1.82) is 0 Å². The normalized spacial score (nSPS) is 17.4. The molecule has 0 amide bonds. The van der Waals surface area contributed by atoms with E-state index in [4.69, 9.17) is 0 Å². The molecule has 21 heavy (non-hydrogen) atoms. The molecule has 1 aromatic heterocycles. The molecule has 0 unspecified atom stereocenters. The van der Waals surface area contributed by atoms with Crippen LogP contribution in [-0.4, -0.2) is 37.3 Å². The first kappa shape index (κ1) is 14.5. The molecule has 0 saturated carbocycles. The third-order valence-corrected chi connectivity index (χ3v) is 5.41. The topological polar surface area (TPSA) is 64.0 Å². The molecule has 1 fully saturated rings. The van der Waals surface area contributed by atoms with Crippen LogP contribution in [-0.2, 0) is 23.3 Å². The predicted octanol–water partition coefficient (Wildman–Crippen LogP) is 1.52. The van der Waals surface area contributed by atoms with Crippen molar-refractivity contribution in [2.75, 3.05) is 19.3 Å². The van der Waals surface area contributed by atoms with E-state index in [9.17, 15) is 8.42 Å². The fourth-order valence-corrected chi connectivity index (χ4v) is 3.63. The zero-order valence-electron chi connectivity index (χ0n) is 12.5. The van der Waals surface area contributed by atoms with Crippen LogP contribution < -0.4 is 5.32 Å². The van der Waals surface area contributed by atoms with Crippen LogP contribution in [0.15, 0.2) is 23.1 Å². The second-order valence-electron chi connectivity index (χ2n) is 5.91. The highest BCUT2D eigenvalue weighted by atomic mass is 32.2. The maximum atomic E-state index is 11.6. The van der Waals surface area contributed by atoms with Gasteiger partial charge in [-0.25, -0.2) is 13.4 Å². The number of fused-ring (bicyclic) bond motifs is 1. The molecule has 6 heteroatoms. The van der Waals surface area contributed by atoms with Gasteiger partial charge in [0.1, 0.15) is 5.82 Å². The molecule has 1 aromatic carbocycles. The molecule has 2 aromatic rings. The summed E-state index contributed by atoms with van der Waals surface area (Å²) in [5, 5.41) is 3.37.